The van der Waals surface area contributed by atoms with Crippen LogP contribution < -0.4 is 10.6 Å². The van der Waals surface area contributed by atoms with Crippen molar-refractivity contribution >= 4 is 17.7 Å². The van der Waals surface area contributed by atoms with E-state index < -0.39 is 12.1 Å². The van der Waals surface area contributed by atoms with Crippen molar-refractivity contribution in [3.8, 4) is 0 Å². The number of carbonyl (C=O) groups excluding carboxylic acids is 1. The van der Waals surface area contributed by atoms with Crippen LogP contribution in [0.15, 0.2) is 29.2 Å². The van der Waals surface area contributed by atoms with E-state index in [1.54, 1.807) is 11.8 Å². The number of hydrogen-bond donors (Lipinski definition) is 4. The van der Waals surface area contributed by atoms with Crippen LogP contribution in [0.3, 0.4) is 0 Å². The summed E-state index contributed by atoms with van der Waals surface area (Å²) in [5.74, 6) is 1.09. The van der Waals surface area contributed by atoms with Crippen molar-refractivity contribution in [3.05, 3.63) is 29.8 Å². The monoisotopic (exact) mass is 394 g/mol. The number of thioether (sulfide) groups is 1. The highest BCUT2D eigenvalue weighted by Crippen LogP contribution is 2.26. The lowest BCUT2D eigenvalue weighted by Gasteiger charge is -2.32. The van der Waals surface area contributed by atoms with Gasteiger partial charge in [-0.1, -0.05) is 32.4 Å². The third kappa shape index (κ3) is 6.49. The molecular weight excluding hydrogens is 360 g/mol. The first-order valence-electron chi connectivity index (χ1n) is 9.95. The number of hydrogen-bond acceptors (Lipinski definition) is 5. The highest BCUT2D eigenvalue weighted by Gasteiger charge is 2.30. The van der Waals surface area contributed by atoms with E-state index in [1.165, 1.54) is 0 Å². The fourth-order valence-electron chi connectivity index (χ4n) is 3.69. The van der Waals surface area contributed by atoms with Crippen molar-refractivity contribution in [2.45, 2.75) is 62.6 Å². The van der Waals surface area contributed by atoms with Gasteiger partial charge in [0.1, 0.15) is 6.10 Å². The minimum absolute atomic E-state index is 0.136. The first-order valence-corrected chi connectivity index (χ1v) is 11.2. The Hall–Kier alpha value is -1.08. The van der Waals surface area contributed by atoms with E-state index in [0.717, 1.165) is 37.1 Å². The molecule has 0 radical (unpaired) electrons. The molecule has 1 heterocycles. The van der Waals surface area contributed by atoms with Gasteiger partial charge in [-0.05, 0) is 61.6 Å². The van der Waals surface area contributed by atoms with E-state index in [2.05, 4.69) is 24.5 Å². The Labute approximate surface area is 167 Å². The molecule has 0 aliphatic carbocycles. The molecule has 4 N–H and O–H groups in total. The molecule has 1 aliphatic heterocycles. The van der Waals surface area contributed by atoms with Gasteiger partial charge >= 0.3 is 0 Å². The summed E-state index contributed by atoms with van der Waals surface area (Å²) in [6, 6.07) is 6.57. The zero-order chi connectivity index (χ0) is 19.8. The van der Waals surface area contributed by atoms with E-state index >= 15 is 0 Å². The summed E-state index contributed by atoms with van der Waals surface area (Å²) in [6.07, 6.45) is 5.28. The first-order chi connectivity index (χ1) is 13.0. The van der Waals surface area contributed by atoms with E-state index in [4.69, 9.17) is 0 Å². The first kappa shape index (κ1) is 22.2. The molecule has 1 aromatic rings. The Bertz CT molecular complexity index is 581. The maximum Gasteiger partial charge on any atom is 0.237 e. The lowest BCUT2D eigenvalue weighted by atomic mass is 9.84. The number of nitrogens with one attached hydrogen (secondary N) is 2. The molecule has 5 nitrogen and oxygen atoms in total. The minimum Gasteiger partial charge on any atom is -0.394 e. The number of aliphatic hydroxyl groups is 2. The molecule has 2 rings (SSSR count). The molecule has 0 spiro atoms. The van der Waals surface area contributed by atoms with E-state index in [-0.39, 0.29) is 18.6 Å². The summed E-state index contributed by atoms with van der Waals surface area (Å²) in [5, 5.41) is 26.4. The van der Waals surface area contributed by atoms with Crippen LogP contribution in [0, 0.1) is 11.8 Å². The van der Waals surface area contributed by atoms with Crippen LogP contribution >= 0.6 is 11.8 Å². The van der Waals surface area contributed by atoms with Crippen molar-refractivity contribution in [1.82, 2.24) is 10.6 Å². The van der Waals surface area contributed by atoms with Crippen molar-refractivity contribution in [2.24, 2.45) is 11.8 Å². The Balaban J connectivity index is 1.94. The van der Waals surface area contributed by atoms with Crippen LogP contribution in [0.2, 0.25) is 0 Å². The van der Waals surface area contributed by atoms with E-state index in [1.807, 2.05) is 30.5 Å². The number of rotatable bonds is 9. The van der Waals surface area contributed by atoms with Crippen molar-refractivity contribution < 1.29 is 15.0 Å². The van der Waals surface area contributed by atoms with Gasteiger partial charge in [-0.15, -0.1) is 11.8 Å². The molecule has 1 saturated heterocycles. The SMILES string of the molecule is CC[C@H](C)C[C@H]1CCN[C@@H](C(=O)N[C@@H](CO)[C@@H](O)c2ccc(SC)cc2)C1. The quantitative estimate of drug-likeness (QED) is 0.484. The largest absolute Gasteiger partial charge is 0.394 e. The highest BCUT2D eigenvalue weighted by molar-refractivity contribution is 7.98. The van der Waals surface area contributed by atoms with Gasteiger partial charge in [-0.25, -0.2) is 0 Å². The number of amides is 1. The molecule has 5 atom stereocenters. The highest BCUT2D eigenvalue weighted by atomic mass is 32.2. The van der Waals surface area contributed by atoms with Crippen LogP contribution in [0.25, 0.3) is 0 Å². The number of benzene rings is 1. The van der Waals surface area contributed by atoms with Gasteiger partial charge in [0.2, 0.25) is 5.91 Å². The molecule has 1 aromatic carbocycles. The van der Waals surface area contributed by atoms with Crippen LogP contribution in [0.1, 0.15) is 51.2 Å². The summed E-state index contributed by atoms with van der Waals surface area (Å²) in [7, 11) is 0. The van der Waals surface area contributed by atoms with Crippen molar-refractivity contribution in [1.29, 1.82) is 0 Å². The Kier molecular flexibility index (Phi) is 9.09. The third-order valence-electron chi connectivity index (χ3n) is 5.62. The average molecular weight is 395 g/mol. The Morgan fingerprint density at radius 1 is 1.37 bits per heavy atom. The molecule has 6 heteroatoms. The molecule has 27 heavy (non-hydrogen) atoms. The van der Waals surface area contributed by atoms with Crippen molar-refractivity contribution in [2.75, 3.05) is 19.4 Å². The average Bonchev–Trinajstić information content (AvgIpc) is 2.71. The van der Waals surface area contributed by atoms with Crippen LogP contribution in [0.5, 0.6) is 0 Å². The molecular formula is C21H34N2O3S. The molecule has 1 fully saturated rings. The topological polar surface area (TPSA) is 81.6 Å². The fourth-order valence-corrected chi connectivity index (χ4v) is 4.10. The normalized spacial score (nSPS) is 23.4. The summed E-state index contributed by atoms with van der Waals surface area (Å²) >= 11 is 1.63. The molecule has 1 aliphatic rings. The number of carbonyl (C=O) groups is 1. The standard InChI is InChI=1S/C21H34N2O3S/c1-4-14(2)11-15-9-10-22-18(12-15)21(26)23-19(13-24)20(25)16-5-7-17(27-3)8-6-16/h5-8,14-15,18-20,22,24-25H,4,9-13H2,1-3H3,(H,23,26)/t14-,15+,18+,19-,20-/m0/s1. The van der Waals surface area contributed by atoms with E-state index in [9.17, 15) is 15.0 Å². The van der Waals surface area contributed by atoms with Gasteiger partial charge in [0.25, 0.3) is 0 Å². The predicted octanol–water partition coefficient (Wildman–Crippen LogP) is 2.72. The summed E-state index contributed by atoms with van der Waals surface area (Å²) < 4.78 is 0. The van der Waals surface area contributed by atoms with Gasteiger partial charge in [0.05, 0.1) is 18.7 Å². The Morgan fingerprint density at radius 3 is 2.67 bits per heavy atom. The molecule has 0 bridgehead atoms. The maximum atomic E-state index is 12.7. The lowest BCUT2D eigenvalue weighted by molar-refractivity contribution is -0.126. The molecule has 0 aromatic heterocycles. The second-order valence-electron chi connectivity index (χ2n) is 7.66. The smallest absolute Gasteiger partial charge is 0.237 e. The van der Waals surface area contributed by atoms with Gasteiger partial charge in [-0.3, -0.25) is 4.79 Å². The van der Waals surface area contributed by atoms with Gasteiger partial charge in [-0.2, -0.15) is 0 Å². The lowest BCUT2D eigenvalue weighted by Crippen LogP contribution is -2.53. The molecule has 1 amide bonds. The summed E-state index contributed by atoms with van der Waals surface area (Å²) in [6.45, 7) is 4.99. The molecule has 0 saturated carbocycles. The third-order valence-corrected chi connectivity index (χ3v) is 6.37. The van der Waals surface area contributed by atoms with Gasteiger partial charge in [0.15, 0.2) is 0 Å². The summed E-state index contributed by atoms with van der Waals surface area (Å²) in [5.41, 5.74) is 0.693. The minimum atomic E-state index is -0.936. The van der Waals surface area contributed by atoms with Gasteiger partial charge in [0, 0.05) is 4.90 Å². The molecule has 152 valence electrons. The number of piperidine rings is 1. The Morgan fingerprint density at radius 2 is 2.07 bits per heavy atom. The molecule has 0 unspecified atom stereocenters. The van der Waals surface area contributed by atoms with E-state index in [0.29, 0.717) is 17.4 Å². The van der Waals surface area contributed by atoms with Crippen LogP contribution in [-0.4, -0.2) is 47.6 Å². The second-order valence-corrected chi connectivity index (χ2v) is 8.54. The maximum absolute atomic E-state index is 12.7. The summed E-state index contributed by atoms with van der Waals surface area (Å²) in [4.78, 5) is 13.8. The van der Waals surface area contributed by atoms with Crippen LogP contribution in [0.4, 0.5) is 0 Å². The predicted molar refractivity (Wildman–Crippen MR) is 111 cm³/mol. The number of aliphatic hydroxyl groups excluding tert-OH is 2. The zero-order valence-corrected chi connectivity index (χ0v) is 17.5. The van der Waals surface area contributed by atoms with Crippen molar-refractivity contribution in [3.63, 3.8) is 0 Å². The zero-order valence-electron chi connectivity index (χ0n) is 16.6. The fraction of sp³-hybridized carbons (Fsp3) is 0.667. The van der Waals surface area contributed by atoms with Gasteiger partial charge < -0.3 is 20.8 Å². The van der Waals surface area contributed by atoms with Crippen LogP contribution in [-0.2, 0) is 4.79 Å². The second kappa shape index (κ2) is 11.1.